The molecule has 0 heterocycles. The van der Waals surface area contributed by atoms with E-state index in [-0.39, 0.29) is 0 Å². The van der Waals surface area contributed by atoms with Gasteiger partial charge in [0.25, 0.3) is 0 Å². The highest BCUT2D eigenvalue weighted by molar-refractivity contribution is 6.31. The van der Waals surface area contributed by atoms with Crippen molar-refractivity contribution in [1.82, 2.24) is 5.32 Å². The summed E-state index contributed by atoms with van der Waals surface area (Å²) in [6.45, 7) is 0.425. The van der Waals surface area contributed by atoms with E-state index in [1.807, 2.05) is 36.4 Å². The van der Waals surface area contributed by atoms with Crippen molar-refractivity contribution in [2.75, 3.05) is 0 Å². The molecule has 3 N–H and O–H groups in total. The second-order valence-corrected chi connectivity index (χ2v) is 4.96. The molecule has 5 heteroatoms. The quantitative estimate of drug-likeness (QED) is 0.890. The highest BCUT2D eigenvalue weighted by atomic mass is 35.5. The molecular formula is C16H14ClN3O. The lowest BCUT2D eigenvalue weighted by atomic mass is 10.1. The molecule has 0 saturated carbocycles. The average molecular weight is 300 g/mol. The van der Waals surface area contributed by atoms with E-state index < -0.39 is 11.9 Å². The minimum atomic E-state index is -0.569. The van der Waals surface area contributed by atoms with Crippen LogP contribution in [0.1, 0.15) is 22.7 Å². The third kappa shape index (κ3) is 3.82. The van der Waals surface area contributed by atoms with E-state index in [9.17, 15) is 4.79 Å². The molecule has 0 aliphatic heterocycles. The smallest absolute Gasteiger partial charge is 0.239 e. The van der Waals surface area contributed by atoms with Crippen LogP contribution in [-0.2, 0) is 11.3 Å². The fourth-order valence-corrected chi connectivity index (χ4v) is 2.25. The zero-order chi connectivity index (χ0) is 15.2. The molecule has 1 amide bonds. The topological polar surface area (TPSA) is 78.9 Å². The van der Waals surface area contributed by atoms with Crippen LogP contribution in [0, 0.1) is 11.3 Å². The molecule has 0 fully saturated rings. The molecule has 2 aromatic carbocycles. The van der Waals surface area contributed by atoms with Gasteiger partial charge in [0, 0.05) is 6.54 Å². The molecule has 106 valence electrons. The first kappa shape index (κ1) is 15.0. The lowest BCUT2D eigenvalue weighted by Crippen LogP contribution is -2.33. The molecule has 0 radical (unpaired) electrons. The van der Waals surface area contributed by atoms with Crippen molar-refractivity contribution in [3.05, 3.63) is 70.2 Å². The van der Waals surface area contributed by atoms with Crippen molar-refractivity contribution in [2.45, 2.75) is 12.6 Å². The molecule has 1 unspecified atom stereocenters. The van der Waals surface area contributed by atoms with E-state index in [0.29, 0.717) is 17.1 Å². The van der Waals surface area contributed by atoms with Gasteiger partial charge in [-0.25, -0.2) is 0 Å². The maximum Gasteiger partial charge on any atom is 0.239 e. The molecule has 0 aliphatic rings. The lowest BCUT2D eigenvalue weighted by molar-refractivity contribution is -0.120. The summed E-state index contributed by atoms with van der Waals surface area (Å²) in [5, 5.41) is 12.3. The maximum absolute atomic E-state index is 11.6. The molecule has 0 aliphatic carbocycles. The standard InChI is InChI=1S/C16H14ClN3O/c17-14-8-11(6-7-13(14)9-18)10-20-15(16(19)21)12-4-2-1-3-5-12/h1-8,15,20H,10H2,(H2,19,21). The summed E-state index contributed by atoms with van der Waals surface area (Å²) in [7, 11) is 0. The summed E-state index contributed by atoms with van der Waals surface area (Å²) in [4.78, 5) is 11.6. The third-order valence-electron chi connectivity index (χ3n) is 3.08. The number of hydrogen-bond donors (Lipinski definition) is 2. The van der Waals surface area contributed by atoms with Crippen LogP contribution in [0.5, 0.6) is 0 Å². The average Bonchev–Trinajstić information content (AvgIpc) is 2.48. The number of carbonyl (C=O) groups is 1. The Morgan fingerprint density at radius 3 is 2.57 bits per heavy atom. The van der Waals surface area contributed by atoms with Crippen LogP contribution in [0.15, 0.2) is 48.5 Å². The molecule has 2 rings (SSSR count). The molecule has 0 saturated heterocycles. The second-order valence-electron chi connectivity index (χ2n) is 4.55. The predicted molar refractivity (Wildman–Crippen MR) is 81.4 cm³/mol. The van der Waals surface area contributed by atoms with Gasteiger partial charge in [0.05, 0.1) is 10.6 Å². The number of nitrogens with two attached hydrogens (primary N) is 1. The van der Waals surface area contributed by atoms with Crippen LogP contribution in [0.3, 0.4) is 0 Å². The summed E-state index contributed by atoms with van der Waals surface area (Å²) >= 11 is 5.98. The minimum Gasteiger partial charge on any atom is -0.368 e. The Bertz CT molecular complexity index is 680. The number of benzene rings is 2. The van der Waals surface area contributed by atoms with Gasteiger partial charge in [-0.15, -0.1) is 0 Å². The van der Waals surface area contributed by atoms with Gasteiger partial charge in [-0.1, -0.05) is 48.0 Å². The zero-order valence-electron chi connectivity index (χ0n) is 11.2. The third-order valence-corrected chi connectivity index (χ3v) is 3.39. The van der Waals surface area contributed by atoms with Gasteiger partial charge in [-0.05, 0) is 23.3 Å². The first-order valence-corrected chi connectivity index (χ1v) is 6.76. The van der Waals surface area contributed by atoms with E-state index in [2.05, 4.69) is 5.32 Å². The van der Waals surface area contributed by atoms with Crippen molar-refractivity contribution in [2.24, 2.45) is 5.73 Å². The summed E-state index contributed by atoms with van der Waals surface area (Å²) in [5.41, 5.74) is 7.55. The first-order chi connectivity index (χ1) is 10.1. The number of hydrogen-bond acceptors (Lipinski definition) is 3. The Morgan fingerprint density at radius 2 is 2.00 bits per heavy atom. The van der Waals surface area contributed by atoms with Gasteiger partial charge in [-0.2, -0.15) is 5.26 Å². The van der Waals surface area contributed by atoms with Crippen molar-refractivity contribution in [3.63, 3.8) is 0 Å². The number of primary amides is 1. The van der Waals surface area contributed by atoms with Gasteiger partial charge in [0.2, 0.25) is 5.91 Å². The van der Waals surface area contributed by atoms with E-state index >= 15 is 0 Å². The van der Waals surface area contributed by atoms with Crippen LogP contribution < -0.4 is 11.1 Å². The summed E-state index contributed by atoms with van der Waals surface area (Å²) < 4.78 is 0. The van der Waals surface area contributed by atoms with Crippen molar-refractivity contribution >= 4 is 17.5 Å². The van der Waals surface area contributed by atoms with Crippen molar-refractivity contribution in [1.29, 1.82) is 5.26 Å². The Labute approximate surface area is 128 Å². The van der Waals surface area contributed by atoms with E-state index in [0.717, 1.165) is 11.1 Å². The van der Waals surface area contributed by atoms with Crippen LogP contribution >= 0.6 is 11.6 Å². The molecule has 4 nitrogen and oxygen atoms in total. The molecule has 0 aromatic heterocycles. The van der Waals surface area contributed by atoms with E-state index in [4.69, 9.17) is 22.6 Å². The first-order valence-electron chi connectivity index (χ1n) is 6.38. The number of halogens is 1. The zero-order valence-corrected chi connectivity index (χ0v) is 12.0. The van der Waals surface area contributed by atoms with Crippen LogP contribution in [0.25, 0.3) is 0 Å². The van der Waals surface area contributed by atoms with Crippen LogP contribution in [0.4, 0.5) is 0 Å². The highest BCUT2D eigenvalue weighted by Gasteiger charge is 2.16. The molecule has 0 spiro atoms. The fourth-order valence-electron chi connectivity index (χ4n) is 2.01. The predicted octanol–water partition coefficient (Wildman–Crippen LogP) is 2.53. The number of rotatable bonds is 5. The van der Waals surface area contributed by atoms with Gasteiger partial charge in [0.1, 0.15) is 12.1 Å². The van der Waals surface area contributed by atoms with E-state index in [1.54, 1.807) is 18.2 Å². The monoisotopic (exact) mass is 299 g/mol. The van der Waals surface area contributed by atoms with Crippen LogP contribution in [-0.4, -0.2) is 5.91 Å². The minimum absolute atomic E-state index is 0.395. The molecule has 0 bridgehead atoms. The maximum atomic E-state index is 11.6. The Hall–Kier alpha value is -2.35. The SMILES string of the molecule is N#Cc1ccc(CNC(C(N)=O)c2ccccc2)cc1Cl. The summed E-state index contributed by atoms with van der Waals surface area (Å²) in [6, 6.07) is 15.9. The number of amides is 1. The Kier molecular flexibility index (Phi) is 4.94. The number of nitriles is 1. The number of nitrogens with zero attached hydrogens (tertiary/aromatic N) is 1. The lowest BCUT2D eigenvalue weighted by Gasteiger charge is -2.16. The van der Waals surface area contributed by atoms with Gasteiger partial charge in [0.15, 0.2) is 0 Å². The van der Waals surface area contributed by atoms with E-state index in [1.165, 1.54) is 0 Å². The van der Waals surface area contributed by atoms with Crippen molar-refractivity contribution < 1.29 is 4.79 Å². The van der Waals surface area contributed by atoms with Crippen LogP contribution in [0.2, 0.25) is 5.02 Å². The Balaban J connectivity index is 2.11. The van der Waals surface area contributed by atoms with Gasteiger partial charge >= 0.3 is 0 Å². The molecule has 2 aromatic rings. The van der Waals surface area contributed by atoms with Gasteiger partial charge in [-0.3, -0.25) is 10.1 Å². The normalized spacial score (nSPS) is 11.6. The largest absolute Gasteiger partial charge is 0.368 e. The number of carbonyl (C=O) groups excluding carboxylic acids is 1. The fraction of sp³-hybridized carbons (Fsp3) is 0.125. The highest BCUT2D eigenvalue weighted by Crippen LogP contribution is 2.18. The van der Waals surface area contributed by atoms with Gasteiger partial charge < -0.3 is 5.73 Å². The Morgan fingerprint density at radius 1 is 1.29 bits per heavy atom. The molecule has 21 heavy (non-hydrogen) atoms. The molecule has 1 atom stereocenters. The van der Waals surface area contributed by atoms with Crippen molar-refractivity contribution in [3.8, 4) is 6.07 Å². The molecular weight excluding hydrogens is 286 g/mol. The summed E-state index contributed by atoms with van der Waals surface area (Å²) in [5.74, 6) is -0.444. The second kappa shape index (κ2) is 6.89. The number of nitrogens with one attached hydrogen (secondary N) is 1. The summed E-state index contributed by atoms with van der Waals surface area (Å²) in [6.07, 6.45) is 0.